The molecule has 0 aliphatic heterocycles. The van der Waals surface area contributed by atoms with Gasteiger partial charge in [0.2, 0.25) is 0 Å². The Morgan fingerprint density at radius 2 is 1.86 bits per heavy atom. The van der Waals surface area contributed by atoms with Gasteiger partial charge in [-0.05, 0) is 39.3 Å². The van der Waals surface area contributed by atoms with Gasteiger partial charge in [-0.15, -0.1) is 0 Å². The van der Waals surface area contributed by atoms with Crippen molar-refractivity contribution in [3.63, 3.8) is 0 Å². The van der Waals surface area contributed by atoms with Crippen LogP contribution in [0.4, 0.5) is 5.82 Å². The fraction of sp³-hybridized carbons (Fsp3) is 0.412. The van der Waals surface area contributed by atoms with E-state index >= 15 is 0 Å². The van der Waals surface area contributed by atoms with Crippen molar-refractivity contribution in [1.29, 1.82) is 0 Å². The minimum Gasteiger partial charge on any atom is -0.494 e. The van der Waals surface area contributed by atoms with Gasteiger partial charge < -0.3 is 10.1 Å². The molecule has 0 radical (unpaired) electrons. The van der Waals surface area contributed by atoms with Crippen molar-refractivity contribution in [1.82, 2.24) is 9.97 Å². The molecule has 4 nitrogen and oxygen atoms in total. The molecule has 0 saturated carbocycles. The van der Waals surface area contributed by atoms with Gasteiger partial charge in [-0.25, -0.2) is 9.97 Å². The predicted octanol–water partition coefficient (Wildman–Crippen LogP) is 3.98. The summed E-state index contributed by atoms with van der Waals surface area (Å²) in [5.41, 5.74) is 3.82. The second kappa shape index (κ2) is 7.07. The summed E-state index contributed by atoms with van der Waals surface area (Å²) >= 11 is 0. The lowest BCUT2D eigenvalue weighted by Crippen LogP contribution is -2.07. The summed E-state index contributed by atoms with van der Waals surface area (Å²) in [6, 6.07) is 8.00. The molecule has 4 heteroatoms. The predicted molar refractivity (Wildman–Crippen MR) is 86.9 cm³/mol. The van der Waals surface area contributed by atoms with Crippen LogP contribution in [0.3, 0.4) is 0 Å². The zero-order valence-corrected chi connectivity index (χ0v) is 13.2. The van der Waals surface area contributed by atoms with Crippen LogP contribution < -0.4 is 10.1 Å². The number of nitrogens with one attached hydrogen (secondary N) is 1. The van der Waals surface area contributed by atoms with Crippen molar-refractivity contribution >= 4 is 5.82 Å². The quantitative estimate of drug-likeness (QED) is 0.872. The molecule has 0 unspecified atom stereocenters. The molecule has 21 heavy (non-hydrogen) atoms. The number of nitrogens with zero attached hydrogens (tertiary/aromatic N) is 2. The van der Waals surface area contributed by atoms with Gasteiger partial charge in [-0.1, -0.05) is 19.1 Å². The molecule has 112 valence electrons. The molecule has 1 heterocycles. The Labute approximate surface area is 126 Å². The van der Waals surface area contributed by atoms with Crippen molar-refractivity contribution < 1.29 is 4.74 Å². The third kappa shape index (κ3) is 3.72. The fourth-order valence-corrected chi connectivity index (χ4v) is 2.07. The van der Waals surface area contributed by atoms with Crippen molar-refractivity contribution in [3.8, 4) is 17.0 Å². The lowest BCUT2D eigenvalue weighted by molar-refractivity contribution is 0.340. The Kier molecular flexibility index (Phi) is 5.14. The van der Waals surface area contributed by atoms with Crippen molar-refractivity contribution in [2.24, 2.45) is 0 Å². The molecule has 0 spiro atoms. The monoisotopic (exact) mass is 285 g/mol. The normalized spacial score (nSPS) is 10.5. The van der Waals surface area contributed by atoms with Crippen LogP contribution in [0, 0.1) is 13.8 Å². The minimum absolute atomic E-state index is 0.656. The topological polar surface area (TPSA) is 47.0 Å². The summed E-state index contributed by atoms with van der Waals surface area (Å²) < 4.78 is 5.57. The second-order valence-electron chi connectivity index (χ2n) is 4.98. The summed E-state index contributed by atoms with van der Waals surface area (Å²) in [7, 11) is 0. The first-order valence-corrected chi connectivity index (χ1v) is 7.48. The van der Waals surface area contributed by atoms with Gasteiger partial charge in [0.05, 0.1) is 18.0 Å². The van der Waals surface area contributed by atoms with E-state index in [1.165, 1.54) is 0 Å². The van der Waals surface area contributed by atoms with Crippen LogP contribution in [0.1, 0.15) is 31.7 Å². The first-order chi connectivity index (χ1) is 10.2. The number of aryl methyl sites for hydroxylation is 2. The van der Waals surface area contributed by atoms with E-state index in [1.54, 1.807) is 0 Å². The first kappa shape index (κ1) is 15.3. The summed E-state index contributed by atoms with van der Waals surface area (Å²) in [4.78, 5) is 9.36. The maximum absolute atomic E-state index is 5.57. The largest absolute Gasteiger partial charge is 0.494 e. The highest BCUT2D eigenvalue weighted by molar-refractivity contribution is 5.72. The van der Waals surface area contributed by atoms with Gasteiger partial charge in [0.25, 0.3) is 0 Å². The van der Waals surface area contributed by atoms with Crippen LogP contribution in [-0.4, -0.2) is 23.1 Å². The third-order valence-electron chi connectivity index (χ3n) is 3.27. The number of aromatic nitrogens is 2. The van der Waals surface area contributed by atoms with E-state index in [-0.39, 0.29) is 0 Å². The summed E-state index contributed by atoms with van der Waals surface area (Å²) in [6.07, 6.45) is 1.05. The van der Waals surface area contributed by atoms with Crippen molar-refractivity contribution in [2.45, 2.75) is 34.1 Å². The Morgan fingerprint density at radius 1 is 1.10 bits per heavy atom. The highest BCUT2D eigenvalue weighted by Crippen LogP contribution is 2.28. The number of hydrogen-bond acceptors (Lipinski definition) is 4. The third-order valence-corrected chi connectivity index (χ3v) is 3.27. The highest BCUT2D eigenvalue weighted by Gasteiger charge is 2.11. The average Bonchev–Trinajstić information content (AvgIpc) is 2.48. The molecule has 1 N–H and O–H groups in total. The van der Waals surface area contributed by atoms with Crippen LogP contribution in [0.2, 0.25) is 0 Å². The molecule has 2 rings (SSSR count). The zero-order valence-electron chi connectivity index (χ0n) is 13.2. The van der Waals surface area contributed by atoms with Gasteiger partial charge in [0, 0.05) is 12.1 Å². The summed E-state index contributed by atoms with van der Waals surface area (Å²) in [5, 5.41) is 3.37. The number of hydrogen-bond donors (Lipinski definition) is 1. The summed E-state index contributed by atoms with van der Waals surface area (Å²) in [5.74, 6) is 1.70. The molecule has 0 aliphatic carbocycles. The Hall–Kier alpha value is -2.10. The molecule has 0 saturated heterocycles. The number of anilines is 1. The van der Waals surface area contributed by atoms with E-state index in [9.17, 15) is 0 Å². The van der Waals surface area contributed by atoms with E-state index in [1.807, 2.05) is 45.0 Å². The highest BCUT2D eigenvalue weighted by atomic mass is 16.5. The molecular weight excluding hydrogens is 262 g/mol. The van der Waals surface area contributed by atoms with Gasteiger partial charge >= 0.3 is 0 Å². The van der Waals surface area contributed by atoms with E-state index in [2.05, 4.69) is 17.2 Å². The molecular formula is C17H23N3O. The molecule has 0 amide bonds. The Morgan fingerprint density at radius 3 is 2.57 bits per heavy atom. The van der Waals surface area contributed by atoms with Gasteiger partial charge in [-0.3, -0.25) is 0 Å². The average molecular weight is 285 g/mol. The van der Waals surface area contributed by atoms with Gasteiger partial charge in [0.15, 0.2) is 5.82 Å². The maximum atomic E-state index is 5.57. The fourth-order valence-electron chi connectivity index (χ4n) is 2.07. The minimum atomic E-state index is 0.656. The van der Waals surface area contributed by atoms with E-state index in [0.717, 1.165) is 47.2 Å². The molecule has 0 atom stereocenters. The van der Waals surface area contributed by atoms with Crippen LogP contribution in [0.25, 0.3) is 11.3 Å². The van der Waals surface area contributed by atoms with Crippen LogP contribution in [-0.2, 0) is 0 Å². The van der Waals surface area contributed by atoms with Gasteiger partial charge in [0.1, 0.15) is 11.4 Å². The zero-order chi connectivity index (χ0) is 15.2. The molecule has 0 bridgehead atoms. The Bertz CT molecular complexity index is 611. The molecule has 2 aromatic rings. The van der Waals surface area contributed by atoms with E-state index in [0.29, 0.717) is 6.61 Å². The molecule has 1 aromatic heterocycles. The Balaban J connectivity index is 2.45. The SMILES string of the molecule is CCCNc1nc(C)c(C)nc1-c1cccc(OCC)c1. The van der Waals surface area contributed by atoms with Crippen LogP contribution in [0.15, 0.2) is 24.3 Å². The number of ether oxygens (including phenoxy) is 1. The summed E-state index contributed by atoms with van der Waals surface area (Å²) in [6.45, 7) is 9.63. The lowest BCUT2D eigenvalue weighted by Gasteiger charge is -2.13. The van der Waals surface area contributed by atoms with Crippen molar-refractivity contribution in [3.05, 3.63) is 35.7 Å². The second-order valence-corrected chi connectivity index (χ2v) is 4.98. The van der Waals surface area contributed by atoms with Gasteiger partial charge in [-0.2, -0.15) is 0 Å². The van der Waals surface area contributed by atoms with Crippen molar-refractivity contribution in [2.75, 3.05) is 18.5 Å². The standard InChI is InChI=1S/C17H23N3O/c1-5-10-18-17-16(19-12(3)13(4)20-17)14-8-7-9-15(11-14)21-6-2/h7-9,11H,5-6,10H2,1-4H3,(H,18,20). The van der Waals surface area contributed by atoms with E-state index < -0.39 is 0 Å². The first-order valence-electron chi connectivity index (χ1n) is 7.48. The lowest BCUT2D eigenvalue weighted by atomic mass is 10.1. The maximum Gasteiger partial charge on any atom is 0.152 e. The van der Waals surface area contributed by atoms with E-state index in [4.69, 9.17) is 9.72 Å². The number of rotatable bonds is 6. The molecule has 0 fully saturated rings. The van der Waals surface area contributed by atoms with Crippen LogP contribution in [0.5, 0.6) is 5.75 Å². The smallest absolute Gasteiger partial charge is 0.152 e. The molecule has 1 aromatic carbocycles. The molecule has 0 aliphatic rings. The van der Waals surface area contributed by atoms with Crippen LogP contribution >= 0.6 is 0 Å². The number of benzene rings is 1.